The standard InChI is InChI=1S/C11H12Cl2O2/c1-3-10(14)7(2)15-11-5-4-8(12)6-9(11)13/h4-7H,3H2,1-2H3. The number of rotatable bonds is 4. The Bertz CT molecular complexity index is 364. The molecule has 0 aliphatic heterocycles. The van der Waals surface area contributed by atoms with Crippen molar-refractivity contribution in [1.29, 1.82) is 0 Å². The molecule has 0 N–H and O–H groups in total. The molecule has 0 heterocycles. The van der Waals surface area contributed by atoms with Crippen LogP contribution in [0.3, 0.4) is 0 Å². The summed E-state index contributed by atoms with van der Waals surface area (Å²) in [5.41, 5.74) is 0. The van der Waals surface area contributed by atoms with Gasteiger partial charge in [-0.2, -0.15) is 0 Å². The van der Waals surface area contributed by atoms with Crippen molar-refractivity contribution >= 4 is 29.0 Å². The summed E-state index contributed by atoms with van der Waals surface area (Å²) < 4.78 is 5.41. The van der Waals surface area contributed by atoms with Gasteiger partial charge in [-0.25, -0.2) is 0 Å². The Morgan fingerprint density at radius 3 is 2.67 bits per heavy atom. The largest absolute Gasteiger partial charge is 0.481 e. The third-order valence-corrected chi connectivity index (χ3v) is 2.53. The van der Waals surface area contributed by atoms with Crippen LogP contribution in [0.25, 0.3) is 0 Å². The summed E-state index contributed by atoms with van der Waals surface area (Å²) in [6, 6.07) is 4.91. The average Bonchev–Trinajstić information content (AvgIpc) is 2.20. The van der Waals surface area contributed by atoms with Crippen LogP contribution in [0.15, 0.2) is 18.2 Å². The number of benzene rings is 1. The van der Waals surface area contributed by atoms with E-state index in [0.717, 1.165) is 0 Å². The Morgan fingerprint density at radius 2 is 2.13 bits per heavy atom. The lowest BCUT2D eigenvalue weighted by Gasteiger charge is -2.13. The number of carbonyl (C=O) groups is 1. The number of ether oxygens (including phenoxy) is 1. The van der Waals surface area contributed by atoms with Crippen molar-refractivity contribution in [1.82, 2.24) is 0 Å². The van der Waals surface area contributed by atoms with E-state index in [1.165, 1.54) is 0 Å². The molecule has 0 spiro atoms. The molecule has 0 amide bonds. The molecule has 15 heavy (non-hydrogen) atoms. The summed E-state index contributed by atoms with van der Waals surface area (Å²) in [5, 5.41) is 0.958. The Labute approximate surface area is 99.1 Å². The normalized spacial score (nSPS) is 12.3. The number of halogens is 2. The molecule has 1 aromatic carbocycles. The van der Waals surface area contributed by atoms with Crippen LogP contribution in [0.4, 0.5) is 0 Å². The van der Waals surface area contributed by atoms with Gasteiger partial charge in [-0.15, -0.1) is 0 Å². The quantitative estimate of drug-likeness (QED) is 0.810. The maximum atomic E-state index is 11.3. The van der Waals surface area contributed by atoms with E-state index < -0.39 is 6.10 Å². The first-order chi connectivity index (χ1) is 7.04. The molecule has 4 heteroatoms. The predicted molar refractivity (Wildman–Crippen MR) is 61.9 cm³/mol. The van der Waals surface area contributed by atoms with Gasteiger partial charge in [0.2, 0.25) is 0 Å². The van der Waals surface area contributed by atoms with Crippen molar-refractivity contribution in [2.75, 3.05) is 0 Å². The van der Waals surface area contributed by atoms with E-state index in [9.17, 15) is 4.79 Å². The number of Topliss-reactive ketones (excluding diaryl/α,β-unsaturated/α-hetero) is 1. The Kier molecular flexibility index (Phi) is 4.43. The second-order valence-electron chi connectivity index (χ2n) is 3.15. The lowest BCUT2D eigenvalue weighted by atomic mass is 10.2. The third-order valence-electron chi connectivity index (χ3n) is 2.00. The highest BCUT2D eigenvalue weighted by Crippen LogP contribution is 2.28. The molecule has 0 saturated carbocycles. The first kappa shape index (κ1) is 12.3. The van der Waals surface area contributed by atoms with Crippen molar-refractivity contribution < 1.29 is 9.53 Å². The lowest BCUT2D eigenvalue weighted by molar-refractivity contribution is -0.124. The monoisotopic (exact) mass is 246 g/mol. The molecule has 1 aromatic rings. The minimum atomic E-state index is -0.478. The summed E-state index contributed by atoms with van der Waals surface area (Å²) in [6.07, 6.45) is -0.0273. The van der Waals surface area contributed by atoms with E-state index in [4.69, 9.17) is 27.9 Å². The van der Waals surface area contributed by atoms with Gasteiger partial charge in [-0.1, -0.05) is 30.1 Å². The van der Waals surface area contributed by atoms with Gasteiger partial charge in [0.25, 0.3) is 0 Å². The number of ketones is 1. The van der Waals surface area contributed by atoms with Crippen molar-refractivity contribution in [2.45, 2.75) is 26.4 Å². The van der Waals surface area contributed by atoms with Crippen LogP contribution >= 0.6 is 23.2 Å². The molecule has 1 unspecified atom stereocenters. The van der Waals surface area contributed by atoms with Crippen LogP contribution in [0.2, 0.25) is 10.0 Å². The predicted octanol–water partition coefficient (Wildman–Crippen LogP) is 3.74. The topological polar surface area (TPSA) is 26.3 Å². The molecule has 0 saturated heterocycles. The molecule has 0 aromatic heterocycles. The van der Waals surface area contributed by atoms with Crippen LogP contribution in [0, 0.1) is 0 Å². The van der Waals surface area contributed by atoms with E-state index in [1.807, 2.05) is 0 Å². The van der Waals surface area contributed by atoms with Crippen LogP contribution in [-0.2, 0) is 4.79 Å². The highest BCUT2D eigenvalue weighted by molar-refractivity contribution is 6.35. The van der Waals surface area contributed by atoms with Gasteiger partial charge >= 0.3 is 0 Å². The Morgan fingerprint density at radius 1 is 1.47 bits per heavy atom. The van der Waals surface area contributed by atoms with Crippen LogP contribution in [0.5, 0.6) is 5.75 Å². The van der Waals surface area contributed by atoms with Crippen molar-refractivity contribution in [3.05, 3.63) is 28.2 Å². The molecule has 2 nitrogen and oxygen atoms in total. The van der Waals surface area contributed by atoms with Gasteiger partial charge in [-0.3, -0.25) is 4.79 Å². The molecule has 0 radical (unpaired) electrons. The molecule has 82 valence electrons. The maximum absolute atomic E-state index is 11.3. The first-order valence-corrected chi connectivity index (χ1v) is 5.44. The number of hydrogen-bond acceptors (Lipinski definition) is 2. The molecule has 0 aliphatic rings. The fraction of sp³-hybridized carbons (Fsp3) is 0.364. The summed E-state index contributed by atoms with van der Waals surface area (Å²) in [7, 11) is 0. The second kappa shape index (κ2) is 5.38. The molecule has 0 bridgehead atoms. The van der Waals surface area contributed by atoms with E-state index in [1.54, 1.807) is 32.0 Å². The lowest BCUT2D eigenvalue weighted by Crippen LogP contribution is -2.22. The van der Waals surface area contributed by atoms with Crippen molar-refractivity contribution in [3.8, 4) is 5.75 Å². The number of hydrogen-bond donors (Lipinski definition) is 0. The van der Waals surface area contributed by atoms with Gasteiger partial charge in [0.05, 0.1) is 5.02 Å². The van der Waals surface area contributed by atoms with E-state index in [-0.39, 0.29) is 5.78 Å². The zero-order valence-corrected chi connectivity index (χ0v) is 10.1. The van der Waals surface area contributed by atoms with Crippen molar-refractivity contribution in [3.63, 3.8) is 0 Å². The summed E-state index contributed by atoms with van der Waals surface area (Å²) in [6.45, 7) is 3.50. The first-order valence-electron chi connectivity index (χ1n) is 4.69. The van der Waals surface area contributed by atoms with Crippen LogP contribution in [0.1, 0.15) is 20.3 Å². The SMILES string of the molecule is CCC(=O)C(C)Oc1ccc(Cl)cc1Cl. The van der Waals surface area contributed by atoms with Gasteiger partial charge in [0.1, 0.15) is 5.75 Å². The molecule has 0 fully saturated rings. The van der Waals surface area contributed by atoms with E-state index in [2.05, 4.69) is 0 Å². The smallest absolute Gasteiger partial charge is 0.172 e. The molecular formula is C11H12Cl2O2. The summed E-state index contributed by atoms with van der Waals surface area (Å²) >= 11 is 11.6. The summed E-state index contributed by atoms with van der Waals surface area (Å²) in [4.78, 5) is 11.3. The number of carbonyl (C=O) groups excluding carboxylic acids is 1. The second-order valence-corrected chi connectivity index (χ2v) is 4.00. The Hall–Kier alpha value is -0.730. The fourth-order valence-electron chi connectivity index (χ4n) is 1.11. The average molecular weight is 247 g/mol. The zero-order chi connectivity index (χ0) is 11.4. The van der Waals surface area contributed by atoms with Crippen molar-refractivity contribution in [2.24, 2.45) is 0 Å². The highest BCUT2D eigenvalue weighted by atomic mass is 35.5. The van der Waals surface area contributed by atoms with E-state index >= 15 is 0 Å². The molecular weight excluding hydrogens is 235 g/mol. The minimum absolute atomic E-state index is 0.0426. The maximum Gasteiger partial charge on any atom is 0.172 e. The fourth-order valence-corrected chi connectivity index (χ4v) is 1.57. The van der Waals surface area contributed by atoms with Gasteiger partial charge in [0.15, 0.2) is 11.9 Å². The molecule has 0 aliphatic carbocycles. The Balaban J connectivity index is 2.76. The zero-order valence-electron chi connectivity index (χ0n) is 8.59. The van der Waals surface area contributed by atoms with Crippen LogP contribution in [-0.4, -0.2) is 11.9 Å². The van der Waals surface area contributed by atoms with E-state index in [0.29, 0.717) is 22.2 Å². The minimum Gasteiger partial charge on any atom is -0.481 e. The van der Waals surface area contributed by atoms with Gasteiger partial charge in [0, 0.05) is 11.4 Å². The van der Waals surface area contributed by atoms with Gasteiger partial charge in [-0.05, 0) is 25.1 Å². The van der Waals surface area contributed by atoms with Gasteiger partial charge < -0.3 is 4.74 Å². The third kappa shape index (κ3) is 3.40. The highest BCUT2D eigenvalue weighted by Gasteiger charge is 2.13. The summed E-state index contributed by atoms with van der Waals surface area (Å²) in [5.74, 6) is 0.524. The molecule has 1 rings (SSSR count). The van der Waals surface area contributed by atoms with Crippen LogP contribution < -0.4 is 4.74 Å². The molecule has 1 atom stereocenters.